The zero-order chi connectivity index (χ0) is 15.8. The SMILES string of the molecule is CS(=O)(=O)c1ccc(Cl)c(S(=O)(=O)N2CCCC2CO)c1. The average molecular weight is 354 g/mol. The van der Waals surface area contributed by atoms with Gasteiger partial charge in [0.25, 0.3) is 0 Å². The van der Waals surface area contributed by atoms with E-state index >= 15 is 0 Å². The van der Waals surface area contributed by atoms with Crippen LogP contribution >= 0.6 is 11.6 Å². The van der Waals surface area contributed by atoms with Crippen molar-refractivity contribution in [1.29, 1.82) is 0 Å². The average Bonchev–Trinajstić information content (AvgIpc) is 2.86. The highest BCUT2D eigenvalue weighted by molar-refractivity contribution is 7.91. The molecule has 9 heteroatoms. The molecule has 2 rings (SSSR count). The van der Waals surface area contributed by atoms with E-state index < -0.39 is 25.9 Å². The summed E-state index contributed by atoms with van der Waals surface area (Å²) >= 11 is 5.94. The molecule has 1 aliphatic heterocycles. The van der Waals surface area contributed by atoms with E-state index in [0.29, 0.717) is 12.8 Å². The Kier molecular flexibility index (Phi) is 4.65. The smallest absolute Gasteiger partial charge is 0.244 e. The van der Waals surface area contributed by atoms with Crippen molar-refractivity contribution >= 4 is 31.5 Å². The number of nitrogens with zero attached hydrogens (tertiary/aromatic N) is 1. The maximum Gasteiger partial charge on any atom is 0.244 e. The van der Waals surface area contributed by atoms with Crippen LogP contribution in [-0.4, -0.2) is 51.7 Å². The number of aliphatic hydroxyl groups excluding tert-OH is 1. The molecule has 21 heavy (non-hydrogen) atoms. The fraction of sp³-hybridized carbons (Fsp3) is 0.500. The van der Waals surface area contributed by atoms with Crippen LogP contribution in [0.3, 0.4) is 0 Å². The number of benzene rings is 1. The zero-order valence-corrected chi connectivity index (χ0v) is 13.7. The second-order valence-corrected chi connectivity index (χ2v) is 9.24. The van der Waals surface area contributed by atoms with Crippen LogP contribution in [0.1, 0.15) is 12.8 Å². The summed E-state index contributed by atoms with van der Waals surface area (Å²) in [5, 5.41) is 9.23. The number of hydrogen-bond donors (Lipinski definition) is 1. The minimum atomic E-state index is -3.94. The number of sulfonamides is 1. The van der Waals surface area contributed by atoms with Crippen LogP contribution < -0.4 is 0 Å². The van der Waals surface area contributed by atoms with E-state index in [-0.39, 0.29) is 28.0 Å². The van der Waals surface area contributed by atoms with E-state index in [9.17, 15) is 21.9 Å². The van der Waals surface area contributed by atoms with Crippen molar-refractivity contribution in [3.05, 3.63) is 23.2 Å². The number of hydrogen-bond acceptors (Lipinski definition) is 5. The Morgan fingerprint density at radius 2 is 2.00 bits per heavy atom. The lowest BCUT2D eigenvalue weighted by Crippen LogP contribution is -2.37. The molecule has 118 valence electrons. The Balaban J connectivity index is 2.54. The van der Waals surface area contributed by atoms with Crippen molar-refractivity contribution in [1.82, 2.24) is 4.31 Å². The summed E-state index contributed by atoms with van der Waals surface area (Å²) in [7, 11) is -7.47. The molecule has 1 unspecified atom stereocenters. The molecule has 1 heterocycles. The monoisotopic (exact) mass is 353 g/mol. The third-order valence-corrected chi connectivity index (χ3v) is 6.99. The first-order valence-electron chi connectivity index (χ1n) is 6.30. The molecular formula is C12H16ClNO5S2. The zero-order valence-electron chi connectivity index (χ0n) is 11.4. The molecule has 0 aromatic heterocycles. The summed E-state index contributed by atoms with van der Waals surface area (Å²) in [4.78, 5) is -0.349. The van der Waals surface area contributed by atoms with E-state index in [4.69, 9.17) is 11.6 Å². The molecule has 1 saturated heterocycles. The standard InChI is InChI=1S/C12H16ClNO5S2/c1-20(16,17)10-4-5-11(13)12(7-10)21(18,19)14-6-2-3-9(14)8-15/h4-5,7,9,15H,2-3,6,8H2,1H3. The Hall–Kier alpha value is -0.670. The Bertz CT molecular complexity index is 745. The molecule has 0 aliphatic carbocycles. The largest absolute Gasteiger partial charge is 0.395 e. The van der Waals surface area contributed by atoms with Gasteiger partial charge in [0, 0.05) is 18.8 Å². The summed E-state index contributed by atoms with van der Waals surface area (Å²) in [6.07, 6.45) is 2.21. The van der Waals surface area contributed by atoms with Gasteiger partial charge in [-0.25, -0.2) is 16.8 Å². The summed E-state index contributed by atoms with van der Waals surface area (Å²) < 4.78 is 49.6. The second kappa shape index (κ2) is 5.85. The van der Waals surface area contributed by atoms with Gasteiger partial charge in [-0.05, 0) is 31.0 Å². The van der Waals surface area contributed by atoms with Gasteiger partial charge in [0.15, 0.2) is 9.84 Å². The minimum absolute atomic E-state index is 0.0361. The van der Waals surface area contributed by atoms with E-state index in [1.54, 1.807) is 0 Å². The molecule has 1 aromatic carbocycles. The summed E-state index contributed by atoms with van der Waals surface area (Å²) in [5.74, 6) is 0. The van der Waals surface area contributed by atoms with Gasteiger partial charge >= 0.3 is 0 Å². The van der Waals surface area contributed by atoms with Crippen LogP contribution in [0.5, 0.6) is 0 Å². The van der Waals surface area contributed by atoms with Gasteiger partial charge in [-0.3, -0.25) is 0 Å². The third-order valence-electron chi connectivity index (χ3n) is 3.45. The number of halogens is 1. The lowest BCUT2D eigenvalue weighted by atomic mass is 10.2. The second-order valence-electron chi connectivity index (χ2n) is 4.96. The summed E-state index contributed by atoms with van der Waals surface area (Å²) in [6.45, 7) is 0.00953. The van der Waals surface area contributed by atoms with Crippen LogP contribution in [0.2, 0.25) is 5.02 Å². The molecule has 0 spiro atoms. The van der Waals surface area contributed by atoms with Crippen molar-refractivity contribution < 1.29 is 21.9 Å². The fourth-order valence-electron chi connectivity index (χ4n) is 2.35. The topological polar surface area (TPSA) is 91.8 Å². The molecule has 0 bridgehead atoms. The normalized spacial score (nSPS) is 20.8. The molecule has 1 aliphatic rings. The van der Waals surface area contributed by atoms with Crippen LogP contribution in [0.15, 0.2) is 28.0 Å². The van der Waals surface area contributed by atoms with Gasteiger partial charge in [-0.2, -0.15) is 4.31 Å². The van der Waals surface area contributed by atoms with Crippen LogP contribution in [0.4, 0.5) is 0 Å². The van der Waals surface area contributed by atoms with Gasteiger partial charge in [0.05, 0.1) is 16.5 Å². The lowest BCUT2D eigenvalue weighted by molar-refractivity contribution is 0.213. The molecule has 0 saturated carbocycles. The molecule has 1 fully saturated rings. The molecule has 1 N–H and O–H groups in total. The summed E-state index contributed by atoms with van der Waals surface area (Å²) in [5.41, 5.74) is 0. The van der Waals surface area contributed by atoms with E-state index in [2.05, 4.69) is 0 Å². The molecule has 6 nitrogen and oxygen atoms in total. The highest BCUT2D eigenvalue weighted by Crippen LogP contribution is 2.31. The molecule has 0 radical (unpaired) electrons. The quantitative estimate of drug-likeness (QED) is 0.867. The number of rotatable bonds is 4. The van der Waals surface area contributed by atoms with Gasteiger partial charge in [0.2, 0.25) is 10.0 Å². The van der Waals surface area contributed by atoms with Gasteiger partial charge in [-0.15, -0.1) is 0 Å². The van der Waals surface area contributed by atoms with Crippen molar-refractivity contribution in [3.63, 3.8) is 0 Å². The maximum atomic E-state index is 12.6. The van der Waals surface area contributed by atoms with Gasteiger partial charge in [-0.1, -0.05) is 11.6 Å². The predicted octanol–water partition coefficient (Wildman–Crippen LogP) is 0.889. The Morgan fingerprint density at radius 3 is 2.57 bits per heavy atom. The van der Waals surface area contributed by atoms with E-state index in [1.807, 2.05) is 0 Å². The molecule has 1 atom stereocenters. The van der Waals surface area contributed by atoms with Gasteiger partial charge < -0.3 is 5.11 Å². The molecule has 1 aromatic rings. The van der Waals surface area contributed by atoms with Crippen LogP contribution in [0, 0.1) is 0 Å². The highest BCUT2D eigenvalue weighted by atomic mass is 35.5. The Morgan fingerprint density at radius 1 is 1.33 bits per heavy atom. The predicted molar refractivity (Wildman–Crippen MR) is 78.6 cm³/mol. The van der Waals surface area contributed by atoms with Crippen molar-refractivity contribution in [3.8, 4) is 0 Å². The van der Waals surface area contributed by atoms with Crippen LogP contribution in [0.25, 0.3) is 0 Å². The first-order valence-corrected chi connectivity index (χ1v) is 10.0. The third kappa shape index (κ3) is 3.24. The number of sulfone groups is 1. The van der Waals surface area contributed by atoms with Crippen molar-refractivity contribution in [2.45, 2.75) is 28.7 Å². The first kappa shape index (κ1) is 16.7. The maximum absolute atomic E-state index is 12.6. The Labute approximate surface area is 129 Å². The number of aliphatic hydroxyl groups is 1. The first-order chi connectivity index (χ1) is 9.67. The fourth-order valence-corrected chi connectivity index (χ4v) is 5.26. The molecule has 0 amide bonds. The lowest BCUT2D eigenvalue weighted by Gasteiger charge is -2.23. The van der Waals surface area contributed by atoms with Gasteiger partial charge in [0.1, 0.15) is 4.90 Å². The van der Waals surface area contributed by atoms with Crippen molar-refractivity contribution in [2.75, 3.05) is 19.4 Å². The van der Waals surface area contributed by atoms with Crippen molar-refractivity contribution in [2.24, 2.45) is 0 Å². The summed E-state index contributed by atoms with van der Waals surface area (Å²) in [6, 6.07) is 3.10. The van der Waals surface area contributed by atoms with E-state index in [1.165, 1.54) is 16.4 Å². The van der Waals surface area contributed by atoms with E-state index in [0.717, 1.165) is 12.3 Å². The highest BCUT2D eigenvalue weighted by Gasteiger charge is 2.36. The molecular weight excluding hydrogens is 338 g/mol. The minimum Gasteiger partial charge on any atom is -0.395 e. The van der Waals surface area contributed by atoms with Crippen LogP contribution in [-0.2, 0) is 19.9 Å².